The van der Waals surface area contributed by atoms with Gasteiger partial charge < -0.3 is 9.47 Å². The molecule has 0 N–H and O–H groups in total. The number of ether oxygens (including phenoxy) is 2. The van der Waals surface area contributed by atoms with Gasteiger partial charge in [-0.2, -0.15) is 4.40 Å². The summed E-state index contributed by atoms with van der Waals surface area (Å²) < 4.78 is 29.0. The second-order valence-corrected chi connectivity index (χ2v) is 9.70. The zero-order valence-electron chi connectivity index (χ0n) is 15.2. The maximum atomic E-state index is 12.6. The van der Waals surface area contributed by atoms with E-state index in [4.69, 9.17) is 9.47 Å². The fourth-order valence-corrected chi connectivity index (χ4v) is 3.41. The van der Waals surface area contributed by atoms with E-state index in [-0.39, 0.29) is 6.10 Å². The molecule has 2 atom stereocenters. The fraction of sp³-hybridized carbons (Fsp3) is 0.368. The van der Waals surface area contributed by atoms with Gasteiger partial charge in [0.15, 0.2) is 0 Å². The molecule has 1 aromatic carbocycles. The number of aromatic nitrogens is 1. The molecule has 2 heterocycles. The molecule has 0 saturated carbocycles. The molecule has 0 bridgehead atoms. The SMILES string of the molecule is COc1ccc2c(c1)O[C@@H](c1ccc(Br)nc1)C/C2=N\S(=O)C(C)(C)C. The van der Waals surface area contributed by atoms with Crippen molar-refractivity contribution < 1.29 is 13.7 Å². The van der Waals surface area contributed by atoms with E-state index in [0.717, 1.165) is 21.4 Å². The highest BCUT2D eigenvalue weighted by atomic mass is 79.9. The van der Waals surface area contributed by atoms with Crippen molar-refractivity contribution in [3.8, 4) is 11.5 Å². The molecule has 1 aromatic heterocycles. The van der Waals surface area contributed by atoms with Crippen molar-refractivity contribution in [1.82, 2.24) is 4.98 Å². The summed E-state index contributed by atoms with van der Waals surface area (Å²) in [5, 5.41) is 0. The maximum absolute atomic E-state index is 12.6. The number of fused-ring (bicyclic) bond motifs is 1. The van der Waals surface area contributed by atoms with Gasteiger partial charge in [0.25, 0.3) is 0 Å². The summed E-state index contributed by atoms with van der Waals surface area (Å²) in [7, 11) is 0.269. The van der Waals surface area contributed by atoms with Crippen LogP contribution in [0.5, 0.6) is 11.5 Å². The van der Waals surface area contributed by atoms with Crippen LogP contribution in [-0.4, -0.2) is 26.8 Å². The van der Waals surface area contributed by atoms with Gasteiger partial charge in [-0.25, -0.2) is 9.19 Å². The van der Waals surface area contributed by atoms with Gasteiger partial charge >= 0.3 is 0 Å². The highest BCUT2D eigenvalue weighted by Gasteiger charge is 2.29. The van der Waals surface area contributed by atoms with Gasteiger partial charge in [0.2, 0.25) is 0 Å². The van der Waals surface area contributed by atoms with Gasteiger partial charge in [-0.15, -0.1) is 0 Å². The molecule has 1 aliphatic heterocycles. The number of benzene rings is 1. The molecule has 26 heavy (non-hydrogen) atoms. The van der Waals surface area contributed by atoms with Crippen molar-refractivity contribution in [2.45, 2.75) is 38.0 Å². The van der Waals surface area contributed by atoms with Crippen molar-refractivity contribution >= 4 is 32.6 Å². The monoisotopic (exact) mass is 436 g/mol. The summed E-state index contributed by atoms with van der Waals surface area (Å²) in [5.41, 5.74) is 2.57. The first-order valence-electron chi connectivity index (χ1n) is 8.24. The fourth-order valence-electron chi connectivity index (χ4n) is 2.53. The smallest absolute Gasteiger partial charge is 0.145 e. The van der Waals surface area contributed by atoms with Crippen molar-refractivity contribution in [3.63, 3.8) is 0 Å². The Morgan fingerprint density at radius 3 is 2.69 bits per heavy atom. The Hall–Kier alpha value is -1.73. The molecular formula is C19H21BrN2O3S. The Morgan fingerprint density at radius 1 is 1.31 bits per heavy atom. The van der Waals surface area contributed by atoms with Gasteiger partial charge in [-0.1, -0.05) is 6.07 Å². The van der Waals surface area contributed by atoms with Gasteiger partial charge in [0.1, 0.15) is 33.2 Å². The van der Waals surface area contributed by atoms with E-state index in [1.54, 1.807) is 13.3 Å². The lowest BCUT2D eigenvalue weighted by Gasteiger charge is -2.28. The average Bonchev–Trinajstić information content (AvgIpc) is 2.60. The van der Waals surface area contributed by atoms with Crippen LogP contribution in [-0.2, 0) is 11.0 Å². The predicted octanol–water partition coefficient (Wildman–Crippen LogP) is 4.63. The first-order chi connectivity index (χ1) is 12.3. The molecule has 0 fully saturated rings. The highest BCUT2D eigenvalue weighted by molar-refractivity contribution is 9.10. The van der Waals surface area contributed by atoms with Crippen molar-refractivity contribution in [2.75, 3.05) is 7.11 Å². The summed E-state index contributed by atoms with van der Waals surface area (Å²) in [6.07, 6.45) is 2.06. The molecule has 7 heteroatoms. The van der Waals surface area contributed by atoms with Crippen molar-refractivity contribution in [1.29, 1.82) is 0 Å². The van der Waals surface area contributed by atoms with Crippen LogP contribution in [0.15, 0.2) is 45.5 Å². The molecule has 0 radical (unpaired) electrons. The topological polar surface area (TPSA) is 60.8 Å². The highest BCUT2D eigenvalue weighted by Crippen LogP contribution is 2.38. The molecule has 1 aliphatic rings. The van der Waals surface area contributed by atoms with E-state index in [9.17, 15) is 4.21 Å². The summed E-state index contributed by atoms with van der Waals surface area (Å²) in [6.45, 7) is 5.74. The third-order valence-corrected chi connectivity index (χ3v) is 5.89. The number of rotatable bonds is 3. The zero-order chi connectivity index (χ0) is 18.9. The second kappa shape index (κ2) is 7.48. The molecular weight excluding hydrogens is 416 g/mol. The molecule has 2 aromatic rings. The van der Waals surface area contributed by atoms with Crippen LogP contribution >= 0.6 is 15.9 Å². The van der Waals surface area contributed by atoms with E-state index < -0.39 is 15.7 Å². The van der Waals surface area contributed by atoms with Crippen LogP contribution in [0.1, 0.15) is 44.4 Å². The number of hydrogen-bond acceptors (Lipinski definition) is 4. The van der Waals surface area contributed by atoms with Crippen molar-refractivity contribution in [3.05, 3.63) is 52.3 Å². The summed E-state index contributed by atoms with van der Waals surface area (Å²) >= 11 is 3.35. The number of methoxy groups -OCH3 is 1. The van der Waals surface area contributed by atoms with Crippen molar-refractivity contribution in [2.24, 2.45) is 4.40 Å². The first-order valence-corrected chi connectivity index (χ1v) is 10.1. The predicted molar refractivity (Wildman–Crippen MR) is 107 cm³/mol. The summed E-state index contributed by atoms with van der Waals surface area (Å²) in [4.78, 5) is 4.28. The van der Waals surface area contributed by atoms with Gasteiger partial charge in [-0.3, -0.25) is 0 Å². The Morgan fingerprint density at radius 2 is 2.08 bits per heavy atom. The largest absolute Gasteiger partial charge is 0.497 e. The summed E-state index contributed by atoms with van der Waals surface area (Å²) in [6, 6.07) is 9.45. The van der Waals surface area contributed by atoms with Crippen LogP contribution in [0, 0.1) is 0 Å². The lowest BCUT2D eigenvalue weighted by atomic mass is 9.96. The van der Waals surface area contributed by atoms with E-state index in [1.807, 2.05) is 51.1 Å². The molecule has 3 rings (SSSR count). The number of hydrogen-bond donors (Lipinski definition) is 0. The van der Waals surface area contributed by atoms with Gasteiger partial charge in [0.05, 0.1) is 17.6 Å². The lowest BCUT2D eigenvalue weighted by Crippen LogP contribution is -2.25. The first kappa shape index (κ1) is 19.0. The van der Waals surface area contributed by atoms with Gasteiger partial charge in [-0.05, 0) is 54.9 Å². The van der Waals surface area contributed by atoms with E-state index >= 15 is 0 Å². The Kier molecular flexibility index (Phi) is 5.48. The normalized spacial score (nSPS) is 19.6. The average molecular weight is 437 g/mol. The molecule has 0 spiro atoms. The molecule has 138 valence electrons. The molecule has 0 saturated heterocycles. The van der Waals surface area contributed by atoms with E-state index in [2.05, 4.69) is 25.3 Å². The Balaban J connectivity index is 2.04. The lowest BCUT2D eigenvalue weighted by molar-refractivity contribution is 0.205. The van der Waals surface area contributed by atoms with Crippen LogP contribution < -0.4 is 9.47 Å². The third-order valence-electron chi connectivity index (χ3n) is 3.99. The van der Waals surface area contributed by atoms with Crippen LogP contribution in [0.25, 0.3) is 0 Å². The summed E-state index contributed by atoms with van der Waals surface area (Å²) in [5.74, 6) is 1.38. The number of nitrogens with zero attached hydrogens (tertiary/aromatic N) is 2. The molecule has 0 amide bonds. The van der Waals surface area contributed by atoms with Crippen LogP contribution in [0.2, 0.25) is 0 Å². The Bertz CT molecular complexity index is 860. The van der Waals surface area contributed by atoms with E-state index in [0.29, 0.717) is 17.9 Å². The Labute approximate surface area is 164 Å². The number of halogens is 1. The second-order valence-electron chi connectivity index (χ2n) is 6.99. The molecule has 1 unspecified atom stereocenters. The van der Waals surface area contributed by atoms with Crippen LogP contribution in [0.4, 0.5) is 0 Å². The molecule has 5 nitrogen and oxygen atoms in total. The third kappa shape index (κ3) is 4.15. The number of pyridine rings is 1. The van der Waals surface area contributed by atoms with E-state index in [1.165, 1.54) is 0 Å². The molecule has 0 aliphatic carbocycles. The standard InChI is InChI=1S/C19H21BrN2O3S/c1-19(2,3)26(23)22-15-10-16(12-5-8-18(20)21-11-12)25-17-9-13(24-4)6-7-14(15)17/h5-9,11,16H,10H2,1-4H3/b22-15+/t16-,26?/m1/s1. The minimum atomic E-state index is -1.35. The minimum absolute atomic E-state index is 0.245. The minimum Gasteiger partial charge on any atom is -0.497 e. The maximum Gasteiger partial charge on any atom is 0.145 e. The zero-order valence-corrected chi connectivity index (χ0v) is 17.6. The van der Waals surface area contributed by atoms with Gasteiger partial charge in [0, 0.05) is 29.8 Å². The quantitative estimate of drug-likeness (QED) is 0.658. The van der Waals surface area contributed by atoms with Crippen LogP contribution in [0.3, 0.4) is 0 Å².